The number of amides is 2. The Morgan fingerprint density at radius 3 is 2.88 bits per heavy atom. The summed E-state index contributed by atoms with van der Waals surface area (Å²) >= 11 is 0. The van der Waals surface area contributed by atoms with E-state index in [1.54, 1.807) is 24.4 Å². The largest absolute Gasteiger partial charge is 0.382 e. The van der Waals surface area contributed by atoms with Gasteiger partial charge in [0.1, 0.15) is 28.7 Å². The molecule has 3 aromatic heterocycles. The zero-order chi connectivity index (χ0) is 29.1. The van der Waals surface area contributed by atoms with Crippen molar-refractivity contribution in [2.75, 3.05) is 24.3 Å². The number of imidazole rings is 1. The van der Waals surface area contributed by atoms with Crippen molar-refractivity contribution >= 4 is 35.0 Å². The van der Waals surface area contributed by atoms with E-state index in [1.165, 1.54) is 12.3 Å². The van der Waals surface area contributed by atoms with Gasteiger partial charge in [0.15, 0.2) is 0 Å². The summed E-state index contributed by atoms with van der Waals surface area (Å²) in [6, 6.07) is 12.3. The van der Waals surface area contributed by atoms with Crippen LogP contribution in [0.25, 0.3) is 22.9 Å². The van der Waals surface area contributed by atoms with Gasteiger partial charge < -0.3 is 21.1 Å². The second kappa shape index (κ2) is 11.8. The van der Waals surface area contributed by atoms with Crippen molar-refractivity contribution in [1.29, 1.82) is 5.26 Å². The van der Waals surface area contributed by atoms with Gasteiger partial charge in [-0.2, -0.15) is 5.26 Å². The molecular formula is C31H30N8O3. The summed E-state index contributed by atoms with van der Waals surface area (Å²) in [4.78, 5) is 39.1. The highest BCUT2D eigenvalue weighted by Gasteiger charge is 2.30. The van der Waals surface area contributed by atoms with Crippen LogP contribution in [0, 0.1) is 11.3 Å². The van der Waals surface area contributed by atoms with Crippen molar-refractivity contribution in [2.45, 2.75) is 44.1 Å². The maximum atomic E-state index is 12.9. The van der Waals surface area contributed by atoms with Crippen molar-refractivity contribution in [3.63, 3.8) is 0 Å². The quantitative estimate of drug-likeness (QED) is 0.337. The number of nitrogen functional groups attached to an aromatic ring is 1. The normalized spacial score (nSPS) is 19.7. The Kier molecular flexibility index (Phi) is 7.62. The number of fused-ring (bicyclic) bond motifs is 3. The lowest BCUT2D eigenvalue weighted by Gasteiger charge is -2.29. The molecule has 11 nitrogen and oxygen atoms in total. The molecule has 0 radical (unpaired) electrons. The fraction of sp³-hybridized carbons (Fsp3) is 0.290. The molecule has 0 spiro atoms. The first kappa shape index (κ1) is 27.1. The minimum Gasteiger partial charge on any atom is -0.382 e. The molecule has 2 aliphatic rings. The number of benzene rings is 1. The first-order valence-electron chi connectivity index (χ1n) is 14.0. The smallest absolute Gasteiger partial charge is 0.256 e. The van der Waals surface area contributed by atoms with Gasteiger partial charge in [0.05, 0.1) is 36.7 Å². The molecule has 4 heterocycles. The Balaban J connectivity index is 1.38. The molecule has 2 amide bonds. The molecule has 1 fully saturated rings. The lowest BCUT2D eigenvalue weighted by Crippen LogP contribution is -2.38. The van der Waals surface area contributed by atoms with E-state index in [0.717, 1.165) is 42.8 Å². The number of nitrogens with two attached hydrogens (primary N) is 1. The molecule has 212 valence electrons. The van der Waals surface area contributed by atoms with Crippen LogP contribution < -0.4 is 16.4 Å². The van der Waals surface area contributed by atoms with Crippen LogP contribution >= 0.6 is 0 Å². The highest BCUT2D eigenvalue weighted by atomic mass is 16.5. The Hall–Kier alpha value is -5.08. The summed E-state index contributed by atoms with van der Waals surface area (Å²) in [6.07, 6.45) is 11.0. The average molecular weight is 563 g/mol. The number of aromatic nitrogens is 4. The van der Waals surface area contributed by atoms with Crippen LogP contribution in [0.4, 0.5) is 11.6 Å². The second-order valence-corrected chi connectivity index (χ2v) is 10.5. The van der Waals surface area contributed by atoms with E-state index < -0.39 is 0 Å². The van der Waals surface area contributed by atoms with E-state index >= 15 is 0 Å². The number of nitrogens with zero attached hydrogens (tertiary/aromatic N) is 5. The first-order chi connectivity index (χ1) is 20.5. The Bertz CT molecular complexity index is 1720. The number of carbonyl (C=O) groups excluding carboxylic acids is 2. The minimum absolute atomic E-state index is 0.00200. The maximum Gasteiger partial charge on any atom is 0.256 e. The summed E-state index contributed by atoms with van der Waals surface area (Å²) < 4.78 is 7.72. The third-order valence-corrected chi connectivity index (χ3v) is 7.67. The fourth-order valence-electron chi connectivity index (χ4n) is 5.66. The molecule has 2 bridgehead atoms. The molecule has 11 heteroatoms. The van der Waals surface area contributed by atoms with Gasteiger partial charge in [-0.1, -0.05) is 24.6 Å². The molecule has 42 heavy (non-hydrogen) atoms. The van der Waals surface area contributed by atoms with E-state index in [1.807, 2.05) is 30.4 Å². The molecule has 0 saturated heterocycles. The van der Waals surface area contributed by atoms with Gasteiger partial charge in [-0.25, -0.2) is 15.0 Å². The number of ether oxygens (including phenoxy) is 1. The number of nitriles is 1. The zero-order valence-electron chi connectivity index (χ0n) is 22.9. The third-order valence-electron chi connectivity index (χ3n) is 7.67. The number of pyridine rings is 1. The molecule has 2 atom stereocenters. The number of nitrogens with one attached hydrogen (secondary N) is 2. The monoisotopic (exact) mass is 562 g/mol. The van der Waals surface area contributed by atoms with Gasteiger partial charge in [-0.05, 0) is 49.6 Å². The number of rotatable bonds is 3. The van der Waals surface area contributed by atoms with Gasteiger partial charge in [-0.15, -0.1) is 0 Å². The summed E-state index contributed by atoms with van der Waals surface area (Å²) in [5.74, 6) is 1.29. The van der Waals surface area contributed by atoms with Gasteiger partial charge >= 0.3 is 0 Å². The molecular weight excluding hydrogens is 532 g/mol. The van der Waals surface area contributed by atoms with Crippen molar-refractivity contribution in [3.8, 4) is 17.3 Å². The summed E-state index contributed by atoms with van der Waals surface area (Å²) in [5.41, 5.74) is 10.3. The standard InChI is InChI=1S/C31H30N8O3/c32-17-19-10-12-34-25(15-19)37-31(41)21-8-6-20(7-9-21)27-28-29(33)35-18-24-5-2-13-42-14-11-26(40)36-23-4-1-3-22(16-23)30(38-27)39(24)28/h2,5-10,12,15,18,22-23H,1,3-4,11,13-14,16H2,(H2,33,35)(H,36,40)(H,34,37,41)/b5-2+/t22-,23-/m1/s1. The molecule has 4 aromatic rings. The van der Waals surface area contributed by atoms with Crippen molar-refractivity contribution < 1.29 is 14.3 Å². The maximum absolute atomic E-state index is 12.9. The summed E-state index contributed by atoms with van der Waals surface area (Å²) in [6.45, 7) is 0.724. The molecule has 6 rings (SSSR count). The lowest BCUT2D eigenvalue weighted by molar-refractivity contribution is -0.123. The average Bonchev–Trinajstić information content (AvgIpc) is 3.42. The van der Waals surface area contributed by atoms with Crippen LogP contribution in [-0.4, -0.2) is 50.4 Å². The van der Waals surface area contributed by atoms with E-state index in [9.17, 15) is 9.59 Å². The molecule has 1 aliphatic carbocycles. The Morgan fingerprint density at radius 1 is 1.19 bits per heavy atom. The van der Waals surface area contributed by atoms with Crippen LogP contribution in [0.5, 0.6) is 0 Å². The summed E-state index contributed by atoms with van der Waals surface area (Å²) in [7, 11) is 0. The predicted molar refractivity (Wildman–Crippen MR) is 157 cm³/mol. The van der Waals surface area contributed by atoms with Crippen molar-refractivity contribution in [2.24, 2.45) is 0 Å². The highest BCUT2D eigenvalue weighted by Crippen LogP contribution is 2.38. The van der Waals surface area contributed by atoms with Crippen LogP contribution in [-0.2, 0) is 9.53 Å². The topological polar surface area (TPSA) is 160 Å². The van der Waals surface area contributed by atoms with E-state index in [0.29, 0.717) is 53.6 Å². The SMILES string of the molecule is N#Cc1ccnc(NC(=O)c2ccc(-c3nc4n5c(cnc(N)c35)/C=C/COCCC(=O)N[C@@H]3CCC[C@@H]4C3)cc2)c1. The van der Waals surface area contributed by atoms with Crippen LogP contribution in [0.3, 0.4) is 0 Å². The fourth-order valence-corrected chi connectivity index (χ4v) is 5.66. The second-order valence-electron chi connectivity index (χ2n) is 10.5. The van der Waals surface area contributed by atoms with Gasteiger partial charge in [0.25, 0.3) is 5.91 Å². The van der Waals surface area contributed by atoms with Crippen molar-refractivity contribution in [1.82, 2.24) is 24.7 Å². The zero-order valence-corrected chi connectivity index (χ0v) is 22.9. The molecule has 1 aliphatic heterocycles. The van der Waals surface area contributed by atoms with Gasteiger partial charge in [0, 0.05) is 35.7 Å². The third kappa shape index (κ3) is 5.57. The van der Waals surface area contributed by atoms with Crippen LogP contribution in [0.2, 0.25) is 0 Å². The molecule has 0 unspecified atom stereocenters. The number of hydrogen-bond donors (Lipinski definition) is 3. The van der Waals surface area contributed by atoms with Crippen molar-refractivity contribution in [3.05, 3.63) is 77.5 Å². The van der Waals surface area contributed by atoms with Gasteiger partial charge in [0.2, 0.25) is 5.91 Å². The van der Waals surface area contributed by atoms with E-state index in [-0.39, 0.29) is 23.8 Å². The number of hydrogen-bond acceptors (Lipinski definition) is 8. The predicted octanol–water partition coefficient (Wildman–Crippen LogP) is 4.07. The number of carbonyl (C=O) groups is 2. The number of anilines is 2. The highest BCUT2D eigenvalue weighted by molar-refractivity contribution is 6.04. The molecule has 1 saturated carbocycles. The minimum atomic E-state index is -0.344. The summed E-state index contributed by atoms with van der Waals surface area (Å²) in [5, 5.41) is 15.0. The lowest BCUT2D eigenvalue weighted by atomic mass is 9.85. The van der Waals surface area contributed by atoms with Crippen LogP contribution in [0.1, 0.15) is 65.5 Å². The molecule has 1 aromatic carbocycles. The molecule has 4 N–H and O–H groups in total. The Labute approximate surface area is 242 Å². The first-order valence-corrected chi connectivity index (χ1v) is 14.0. The van der Waals surface area contributed by atoms with Crippen LogP contribution in [0.15, 0.2) is 54.9 Å². The Morgan fingerprint density at radius 2 is 2.05 bits per heavy atom. The van der Waals surface area contributed by atoms with Gasteiger partial charge in [-0.3, -0.25) is 14.0 Å². The van der Waals surface area contributed by atoms with E-state index in [2.05, 4.69) is 25.0 Å². The van der Waals surface area contributed by atoms with E-state index in [4.69, 9.17) is 20.7 Å².